The van der Waals surface area contributed by atoms with Crippen molar-refractivity contribution < 1.29 is 9.18 Å². The van der Waals surface area contributed by atoms with Crippen LogP contribution >= 0.6 is 23.9 Å². The number of anilines is 1. The highest BCUT2D eigenvalue weighted by molar-refractivity contribution is 7.10. The van der Waals surface area contributed by atoms with E-state index in [0.717, 1.165) is 11.5 Å². The monoisotopic (exact) mass is 265 g/mol. The molecule has 7 heteroatoms. The van der Waals surface area contributed by atoms with Gasteiger partial charge in [0.15, 0.2) is 5.67 Å². The fourth-order valence-corrected chi connectivity index (χ4v) is 2.05. The van der Waals surface area contributed by atoms with Crippen LogP contribution in [0.25, 0.3) is 0 Å². The van der Waals surface area contributed by atoms with E-state index in [9.17, 15) is 9.18 Å². The van der Waals surface area contributed by atoms with Crippen molar-refractivity contribution in [1.29, 1.82) is 0 Å². The molecule has 2 N–H and O–H groups in total. The van der Waals surface area contributed by atoms with Crippen LogP contribution in [0.3, 0.4) is 0 Å². The molecule has 16 heavy (non-hydrogen) atoms. The Morgan fingerprint density at radius 1 is 1.56 bits per heavy atom. The molecular weight excluding hydrogens is 253 g/mol. The molecule has 1 aromatic rings. The quantitative estimate of drug-likeness (QED) is 0.854. The van der Waals surface area contributed by atoms with Crippen LogP contribution < -0.4 is 10.6 Å². The molecule has 0 spiro atoms. The van der Waals surface area contributed by atoms with Crippen molar-refractivity contribution >= 4 is 34.8 Å². The average Bonchev–Trinajstić information content (AvgIpc) is 2.71. The predicted molar refractivity (Wildman–Crippen MR) is 63.9 cm³/mol. The first-order valence-electron chi connectivity index (χ1n) is 4.82. The van der Waals surface area contributed by atoms with Crippen LogP contribution in [-0.2, 0) is 4.79 Å². The van der Waals surface area contributed by atoms with Gasteiger partial charge in [0, 0.05) is 19.0 Å². The lowest BCUT2D eigenvalue weighted by atomic mass is 9.93. The molecular formula is C9H13ClFN3OS. The summed E-state index contributed by atoms with van der Waals surface area (Å²) in [6.45, 7) is 1.10. The number of hydrogen-bond acceptors (Lipinski definition) is 4. The molecule has 1 amide bonds. The lowest BCUT2D eigenvalue weighted by Crippen LogP contribution is -2.47. The van der Waals surface area contributed by atoms with Crippen LogP contribution in [0.1, 0.15) is 12.8 Å². The van der Waals surface area contributed by atoms with Crippen molar-refractivity contribution in [2.24, 2.45) is 0 Å². The smallest absolute Gasteiger partial charge is 0.262 e. The van der Waals surface area contributed by atoms with Crippen molar-refractivity contribution in [3.8, 4) is 0 Å². The second-order valence-electron chi connectivity index (χ2n) is 3.55. The van der Waals surface area contributed by atoms with Crippen molar-refractivity contribution in [3.05, 3.63) is 12.3 Å². The van der Waals surface area contributed by atoms with Gasteiger partial charge in [0.2, 0.25) is 0 Å². The van der Waals surface area contributed by atoms with Gasteiger partial charge >= 0.3 is 0 Å². The molecule has 1 aliphatic rings. The third kappa shape index (κ3) is 2.90. The van der Waals surface area contributed by atoms with Crippen LogP contribution in [0.15, 0.2) is 12.3 Å². The first kappa shape index (κ1) is 13.3. The summed E-state index contributed by atoms with van der Waals surface area (Å²) in [5, 5.41) is 6.16. The Morgan fingerprint density at radius 2 is 2.25 bits per heavy atom. The molecule has 1 aliphatic heterocycles. The Kier molecular flexibility index (Phi) is 4.64. The minimum atomic E-state index is -1.73. The van der Waals surface area contributed by atoms with E-state index in [0.29, 0.717) is 18.1 Å². The summed E-state index contributed by atoms with van der Waals surface area (Å²) in [5.74, 6) is -0.548. The molecule has 2 heterocycles. The Labute approximate surface area is 103 Å². The third-order valence-corrected chi connectivity index (χ3v) is 3.14. The summed E-state index contributed by atoms with van der Waals surface area (Å²) in [5.41, 5.74) is -1.73. The minimum absolute atomic E-state index is 0. The number of aromatic nitrogens is 1. The van der Waals surface area contributed by atoms with Gasteiger partial charge in [0.05, 0.1) is 0 Å². The van der Waals surface area contributed by atoms with E-state index < -0.39 is 11.6 Å². The highest BCUT2D eigenvalue weighted by atomic mass is 35.5. The maximum atomic E-state index is 14.1. The minimum Gasteiger partial charge on any atom is -0.316 e. The van der Waals surface area contributed by atoms with E-state index in [1.807, 2.05) is 0 Å². The summed E-state index contributed by atoms with van der Waals surface area (Å²) in [4.78, 5) is 11.7. The third-order valence-electron chi connectivity index (χ3n) is 2.48. The number of halogens is 2. The van der Waals surface area contributed by atoms with Crippen molar-refractivity contribution in [3.63, 3.8) is 0 Å². The lowest BCUT2D eigenvalue weighted by molar-refractivity contribution is -0.128. The Bertz CT molecular complexity index is 341. The highest BCUT2D eigenvalue weighted by Crippen LogP contribution is 2.25. The normalized spacial score (nSPS) is 18.6. The summed E-state index contributed by atoms with van der Waals surface area (Å²) in [7, 11) is 0. The van der Waals surface area contributed by atoms with E-state index in [1.54, 1.807) is 12.3 Å². The molecule has 0 atom stereocenters. The maximum absolute atomic E-state index is 14.1. The number of amides is 1. The topological polar surface area (TPSA) is 54.0 Å². The highest BCUT2D eigenvalue weighted by Gasteiger charge is 2.39. The molecule has 0 aromatic carbocycles. The van der Waals surface area contributed by atoms with E-state index >= 15 is 0 Å². The number of nitrogens with zero attached hydrogens (tertiary/aromatic N) is 1. The van der Waals surface area contributed by atoms with Gasteiger partial charge in [-0.05, 0) is 30.7 Å². The predicted octanol–water partition coefficient (Wildman–Crippen LogP) is 1.60. The molecule has 0 aliphatic carbocycles. The number of alkyl halides is 1. The fourth-order valence-electron chi connectivity index (χ4n) is 1.55. The van der Waals surface area contributed by atoms with Crippen LogP contribution in [-0.4, -0.2) is 29.0 Å². The molecule has 1 saturated heterocycles. The zero-order chi connectivity index (χ0) is 10.7. The number of rotatable bonds is 2. The van der Waals surface area contributed by atoms with E-state index in [2.05, 4.69) is 15.0 Å². The molecule has 1 fully saturated rings. The summed E-state index contributed by atoms with van der Waals surface area (Å²) >= 11 is 1.15. The second kappa shape index (κ2) is 5.56. The van der Waals surface area contributed by atoms with Gasteiger partial charge in [0.25, 0.3) is 5.91 Å². The van der Waals surface area contributed by atoms with Gasteiger partial charge in [0.1, 0.15) is 5.00 Å². The lowest BCUT2D eigenvalue weighted by Gasteiger charge is -2.28. The summed E-state index contributed by atoms with van der Waals surface area (Å²) < 4.78 is 17.9. The standard InChI is InChI=1S/C9H12FN3OS.ClH/c10-9(2-5-11-6-3-9)8(14)13-7-1-4-12-15-7;/h1,4,11H,2-3,5-6H2,(H,13,14);1H. The molecule has 0 bridgehead atoms. The van der Waals surface area contributed by atoms with E-state index in [4.69, 9.17) is 0 Å². The number of carbonyl (C=O) groups excluding carboxylic acids is 1. The molecule has 0 saturated carbocycles. The first-order valence-corrected chi connectivity index (χ1v) is 5.60. The zero-order valence-corrected chi connectivity index (χ0v) is 10.2. The van der Waals surface area contributed by atoms with Gasteiger partial charge in [-0.15, -0.1) is 12.4 Å². The number of hydrogen-bond donors (Lipinski definition) is 2. The summed E-state index contributed by atoms with van der Waals surface area (Å²) in [6.07, 6.45) is 2.04. The van der Waals surface area contributed by atoms with Crippen LogP contribution in [0.2, 0.25) is 0 Å². The molecule has 0 radical (unpaired) electrons. The maximum Gasteiger partial charge on any atom is 0.262 e. The fraction of sp³-hybridized carbons (Fsp3) is 0.556. The van der Waals surface area contributed by atoms with Crippen LogP contribution in [0, 0.1) is 0 Å². The first-order chi connectivity index (χ1) is 7.21. The van der Waals surface area contributed by atoms with Gasteiger partial charge < -0.3 is 10.6 Å². The molecule has 4 nitrogen and oxygen atoms in total. The zero-order valence-electron chi connectivity index (χ0n) is 8.53. The average molecular weight is 266 g/mol. The van der Waals surface area contributed by atoms with Gasteiger partial charge in [-0.2, -0.15) is 4.37 Å². The largest absolute Gasteiger partial charge is 0.316 e. The molecule has 0 unspecified atom stereocenters. The van der Waals surface area contributed by atoms with E-state index in [-0.39, 0.29) is 25.2 Å². The van der Waals surface area contributed by atoms with Crippen molar-refractivity contribution in [2.75, 3.05) is 18.4 Å². The molecule has 2 rings (SSSR count). The van der Waals surface area contributed by atoms with Crippen LogP contribution in [0.5, 0.6) is 0 Å². The van der Waals surface area contributed by atoms with Gasteiger partial charge in [-0.25, -0.2) is 4.39 Å². The molecule has 90 valence electrons. The Hall–Kier alpha value is -0.720. The van der Waals surface area contributed by atoms with Crippen LogP contribution in [0.4, 0.5) is 9.39 Å². The van der Waals surface area contributed by atoms with Gasteiger partial charge in [-0.1, -0.05) is 0 Å². The van der Waals surface area contributed by atoms with Crippen molar-refractivity contribution in [2.45, 2.75) is 18.5 Å². The number of nitrogens with one attached hydrogen (secondary N) is 2. The second-order valence-corrected chi connectivity index (χ2v) is 4.38. The Morgan fingerprint density at radius 3 is 2.81 bits per heavy atom. The number of carbonyl (C=O) groups is 1. The van der Waals surface area contributed by atoms with Crippen molar-refractivity contribution in [1.82, 2.24) is 9.69 Å². The molecule has 1 aromatic heterocycles. The van der Waals surface area contributed by atoms with Gasteiger partial charge in [-0.3, -0.25) is 4.79 Å². The Balaban J connectivity index is 0.00000128. The van der Waals surface area contributed by atoms with E-state index in [1.165, 1.54) is 0 Å². The number of piperidine rings is 1. The SMILES string of the molecule is Cl.O=C(Nc1ccns1)C1(F)CCNCC1. The summed E-state index contributed by atoms with van der Waals surface area (Å²) in [6, 6.07) is 1.66.